The van der Waals surface area contributed by atoms with Crippen LogP contribution < -0.4 is 9.47 Å². The van der Waals surface area contributed by atoms with Crippen LogP contribution in [0.3, 0.4) is 0 Å². The lowest BCUT2D eigenvalue weighted by atomic mass is 10.1. The predicted octanol–water partition coefficient (Wildman–Crippen LogP) is 4.84. The number of ether oxygens (including phenoxy) is 2. The number of thiophene rings is 1. The van der Waals surface area contributed by atoms with Crippen LogP contribution in [0.5, 0.6) is 11.5 Å². The predicted molar refractivity (Wildman–Crippen MR) is 107 cm³/mol. The fraction of sp³-hybridized carbons (Fsp3) is 0.476. The summed E-state index contributed by atoms with van der Waals surface area (Å²) in [5.74, 6) is 1.68. The van der Waals surface area contributed by atoms with Gasteiger partial charge in [0.15, 0.2) is 11.5 Å². The molecule has 1 amide bonds. The van der Waals surface area contributed by atoms with E-state index in [9.17, 15) is 4.79 Å². The second-order valence-electron chi connectivity index (χ2n) is 6.38. The molecule has 0 unspecified atom stereocenters. The molecular formula is C21H29NO3S. The van der Waals surface area contributed by atoms with Gasteiger partial charge in [0.2, 0.25) is 5.91 Å². The Kier molecular flexibility index (Phi) is 7.98. The number of carbonyl (C=O) groups excluding carboxylic acids is 1. The van der Waals surface area contributed by atoms with E-state index in [0.29, 0.717) is 19.5 Å². The molecule has 142 valence electrons. The molecule has 0 bridgehead atoms. The Morgan fingerprint density at radius 2 is 1.92 bits per heavy atom. The van der Waals surface area contributed by atoms with Crippen molar-refractivity contribution in [2.45, 2.75) is 46.1 Å². The molecule has 0 radical (unpaired) electrons. The van der Waals surface area contributed by atoms with Crippen molar-refractivity contribution in [2.75, 3.05) is 20.8 Å². The highest BCUT2D eigenvalue weighted by Gasteiger charge is 2.16. The van der Waals surface area contributed by atoms with Crippen molar-refractivity contribution in [3.8, 4) is 11.5 Å². The lowest BCUT2D eigenvalue weighted by Crippen LogP contribution is -2.32. The maximum absolute atomic E-state index is 12.7. The van der Waals surface area contributed by atoms with Crippen molar-refractivity contribution >= 4 is 17.2 Å². The first kappa shape index (κ1) is 20.3. The lowest BCUT2D eigenvalue weighted by molar-refractivity contribution is -0.131. The quantitative estimate of drug-likeness (QED) is 0.597. The SMILES string of the molecule is CCCCC(=O)N(CCc1ccc(OC)c(OC)c1)Cc1sccc1C. The molecule has 1 aromatic heterocycles. The van der Waals surface area contributed by atoms with Crippen molar-refractivity contribution in [1.29, 1.82) is 0 Å². The standard InChI is InChI=1S/C21H29NO3S/c1-5-6-7-21(23)22(15-20-16(2)11-13-26-20)12-10-17-8-9-18(24-3)19(14-17)25-4/h8-9,11,13-14H,5-7,10,12,15H2,1-4H3. The van der Waals surface area contributed by atoms with E-state index < -0.39 is 0 Å². The summed E-state index contributed by atoms with van der Waals surface area (Å²) in [6, 6.07) is 8.06. The largest absolute Gasteiger partial charge is 0.493 e. The number of hydrogen-bond donors (Lipinski definition) is 0. The van der Waals surface area contributed by atoms with Gasteiger partial charge in [0.25, 0.3) is 0 Å². The summed E-state index contributed by atoms with van der Waals surface area (Å²) in [6.07, 6.45) is 3.39. The molecule has 4 nitrogen and oxygen atoms in total. The molecule has 0 aliphatic carbocycles. The summed E-state index contributed by atoms with van der Waals surface area (Å²) < 4.78 is 10.7. The fourth-order valence-corrected chi connectivity index (χ4v) is 3.74. The van der Waals surface area contributed by atoms with E-state index >= 15 is 0 Å². The number of rotatable bonds is 10. The van der Waals surface area contributed by atoms with E-state index in [1.165, 1.54) is 10.4 Å². The number of aryl methyl sites for hydroxylation is 1. The van der Waals surface area contributed by atoms with Gasteiger partial charge in [-0.05, 0) is 54.5 Å². The fourth-order valence-electron chi connectivity index (χ4n) is 2.82. The highest BCUT2D eigenvalue weighted by Crippen LogP contribution is 2.28. The van der Waals surface area contributed by atoms with E-state index in [1.807, 2.05) is 23.1 Å². The molecule has 0 aliphatic heterocycles. The van der Waals surface area contributed by atoms with Gasteiger partial charge in [-0.15, -0.1) is 11.3 Å². The van der Waals surface area contributed by atoms with Gasteiger partial charge in [0.05, 0.1) is 20.8 Å². The average molecular weight is 376 g/mol. The van der Waals surface area contributed by atoms with E-state index in [0.717, 1.165) is 36.3 Å². The Balaban J connectivity index is 2.08. The minimum atomic E-state index is 0.236. The zero-order valence-corrected chi connectivity index (χ0v) is 17.0. The zero-order chi connectivity index (χ0) is 18.9. The number of nitrogens with zero attached hydrogens (tertiary/aromatic N) is 1. The molecule has 0 N–H and O–H groups in total. The molecule has 0 fully saturated rings. The monoisotopic (exact) mass is 375 g/mol. The van der Waals surface area contributed by atoms with E-state index in [1.54, 1.807) is 25.6 Å². The minimum Gasteiger partial charge on any atom is -0.493 e. The summed E-state index contributed by atoms with van der Waals surface area (Å²) in [5.41, 5.74) is 2.40. The smallest absolute Gasteiger partial charge is 0.222 e. The average Bonchev–Trinajstić information content (AvgIpc) is 3.07. The number of carbonyl (C=O) groups is 1. The summed E-state index contributed by atoms with van der Waals surface area (Å²) in [4.78, 5) is 15.9. The molecule has 0 aliphatic rings. The molecule has 5 heteroatoms. The van der Waals surface area contributed by atoms with Gasteiger partial charge in [0, 0.05) is 17.8 Å². The van der Waals surface area contributed by atoms with Gasteiger partial charge >= 0.3 is 0 Å². The number of unbranched alkanes of at least 4 members (excludes halogenated alkanes) is 1. The topological polar surface area (TPSA) is 38.8 Å². The minimum absolute atomic E-state index is 0.236. The van der Waals surface area contributed by atoms with Crippen LogP contribution in [0.25, 0.3) is 0 Å². The van der Waals surface area contributed by atoms with Crippen molar-refractivity contribution in [3.63, 3.8) is 0 Å². The van der Waals surface area contributed by atoms with Gasteiger partial charge in [-0.1, -0.05) is 19.4 Å². The van der Waals surface area contributed by atoms with Gasteiger partial charge in [-0.25, -0.2) is 0 Å². The Morgan fingerprint density at radius 3 is 2.54 bits per heavy atom. The Morgan fingerprint density at radius 1 is 1.15 bits per heavy atom. The molecule has 0 atom stereocenters. The van der Waals surface area contributed by atoms with Crippen LogP contribution in [-0.2, 0) is 17.8 Å². The number of hydrogen-bond acceptors (Lipinski definition) is 4. The van der Waals surface area contributed by atoms with Crippen LogP contribution in [0, 0.1) is 6.92 Å². The molecule has 1 heterocycles. The third-order valence-corrected chi connectivity index (χ3v) is 5.53. The first-order valence-corrected chi connectivity index (χ1v) is 9.98. The summed E-state index contributed by atoms with van der Waals surface area (Å²) in [7, 11) is 3.27. The highest BCUT2D eigenvalue weighted by atomic mass is 32.1. The van der Waals surface area contributed by atoms with Gasteiger partial charge < -0.3 is 14.4 Å². The van der Waals surface area contributed by atoms with Crippen molar-refractivity contribution in [3.05, 3.63) is 45.6 Å². The van der Waals surface area contributed by atoms with E-state index in [-0.39, 0.29) is 5.91 Å². The van der Waals surface area contributed by atoms with Crippen LogP contribution in [-0.4, -0.2) is 31.6 Å². The molecule has 2 rings (SSSR count). The second kappa shape index (κ2) is 10.2. The number of benzene rings is 1. The zero-order valence-electron chi connectivity index (χ0n) is 16.2. The van der Waals surface area contributed by atoms with Crippen LogP contribution in [0.1, 0.15) is 42.2 Å². The lowest BCUT2D eigenvalue weighted by Gasteiger charge is -2.23. The molecule has 0 spiro atoms. The van der Waals surface area contributed by atoms with E-state index in [4.69, 9.17) is 9.47 Å². The number of methoxy groups -OCH3 is 2. The van der Waals surface area contributed by atoms with Crippen LogP contribution in [0.4, 0.5) is 0 Å². The molecule has 26 heavy (non-hydrogen) atoms. The Labute approximate surface area is 160 Å². The third-order valence-electron chi connectivity index (χ3n) is 4.52. The Bertz CT molecular complexity index is 711. The molecule has 1 aromatic carbocycles. The van der Waals surface area contributed by atoms with Crippen LogP contribution in [0.2, 0.25) is 0 Å². The van der Waals surface area contributed by atoms with Gasteiger partial charge in [-0.3, -0.25) is 4.79 Å². The van der Waals surface area contributed by atoms with Crippen LogP contribution >= 0.6 is 11.3 Å². The van der Waals surface area contributed by atoms with Gasteiger partial charge in [0.1, 0.15) is 0 Å². The normalized spacial score (nSPS) is 10.6. The maximum Gasteiger partial charge on any atom is 0.222 e. The maximum atomic E-state index is 12.7. The van der Waals surface area contributed by atoms with Crippen LogP contribution in [0.15, 0.2) is 29.6 Å². The molecular weight excluding hydrogens is 346 g/mol. The molecule has 2 aromatic rings. The third kappa shape index (κ3) is 5.49. The first-order valence-electron chi connectivity index (χ1n) is 9.10. The number of amides is 1. The van der Waals surface area contributed by atoms with Gasteiger partial charge in [-0.2, -0.15) is 0 Å². The molecule has 0 saturated heterocycles. The highest BCUT2D eigenvalue weighted by molar-refractivity contribution is 7.10. The molecule has 0 saturated carbocycles. The van der Waals surface area contributed by atoms with Crippen molar-refractivity contribution < 1.29 is 14.3 Å². The summed E-state index contributed by atoms with van der Waals surface area (Å²) in [6.45, 7) is 5.62. The van der Waals surface area contributed by atoms with Crippen molar-refractivity contribution in [1.82, 2.24) is 4.90 Å². The Hall–Kier alpha value is -2.01. The summed E-state index contributed by atoms with van der Waals surface area (Å²) >= 11 is 1.72. The van der Waals surface area contributed by atoms with Crippen molar-refractivity contribution in [2.24, 2.45) is 0 Å². The summed E-state index contributed by atoms with van der Waals surface area (Å²) in [5, 5.41) is 2.09. The first-order chi connectivity index (χ1) is 12.6. The second-order valence-corrected chi connectivity index (χ2v) is 7.39. The van der Waals surface area contributed by atoms with E-state index in [2.05, 4.69) is 25.3 Å².